The van der Waals surface area contributed by atoms with Gasteiger partial charge >= 0.3 is 0 Å². The van der Waals surface area contributed by atoms with Crippen molar-refractivity contribution in [1.82, 2.24) is 0 Å². The average Bonchev–Trinajstić information content (AvgIpc) is 2.47. The Labute approximate surface area is 120 Å². The zero-order valence-corrected chi connectivity index (χ0v) is 11.3. The lowest BCUT2D eigenvalue weighted by molar-refractivity contribution is -0.384. The highest BCUT2D eigenvalue weighted by Gasteiger charge is 2.17. The second kappa shape index (κ2) is 6.30. The zero-order valence-electron chi connectivity index (χ0n) is 11.3. The number of rotatable bonds is 5. The summed E-state index contributed by atoms with van der Waals surface area (Å²) in [5.41, 5.74) is 0.326. The van der Waals surface area contributed by atoms with Crippen molar-refractivity contribution >= 4 is 11.4 Å². The van der Waals surface area contributed by atoms with Crippen molar-refractivity contribution in [2.75, 3.05) is 5.32 Å². The van der Waals surface area contributed by atoms with E-state index in [0.29, 0.717) is 12.0 Å². The summed E-state index contributed by atoms with van der Waals surface area (Å²) in [5.74, 6) is -1.39. The molecule has 0 fully saturated rings. The largest absolute Gasteiger partial charge is 0.373 e. The first-order valence-corrected chi connectivity index (χ1v) is 6.47. The maximum atomic E-state index is 13.7. The number of para-hydroxylation sites is 1. The molecule has 0 saturated carbocycles. The molecule has 0 heterocycles. The third kappa shape index (κ3) is 3.34. The molecule has 0 saturated heterocycles. The van der Waals surface area contributed by atoms with Gasteiger partial charge in [-0.3, -0.25) is 10.1 Å². The minimum absolute atomic E-state index is 0.0539. The Morgan fingerprint density at radius 2 is 1.81 bits per heavy atom. The standard InChI is InChI=1S/C15H14F2N2O2/c1-2-14(10-5-3-6-11(9-10)19(20)21)18-15-12(16)7-4-8-13(15)17/h3-9,14,18H,2H2,1H3. The monoisotopic (exact) mass is 292 g/mol. The highest BCUT2D eigenvalue weighted by Crippen LogP contribution is 2.28. The molecule has 0 amide bonds. The number of nitro groups is 1. The molecule has 110 valence electrons. The van der Waals surface area contributed by atoms with Gasteiger partial charge in [-0.15, -0.1) is 0 Å². The molecule has 0 bridgehead atoms. The van der Waals surface area contributed by atoms with Crippen LogP contribution in [0.25, 0.3) is 0 Å². The predicted molar refractivity (Wildman–Crippen MR) is 76.1 cm³/mol. The Morgan fingerprint density at radius 3 is 2.38 bits per heavy atom. The number of benzene rings is 2. The predicted octanol–water partition coefficient (Wildman–Crippen LogP) is 4.44. The van der Waals surface area contributed by atoms with E-state index in [4.69, 9.17) is 0 Å². The van der Waals surface area contributed by atoms with Crippen molar-refractivity contribution < 1.29 is 13.7 Å². The first-order valence-electron chi connectivity index (χ1n) is 6.47. The molecule has 6 heteroatoms. The molecule has 0 radical (unpaired) electrons. The van der Waals surface area contributed by atoms with Gasteiger partial charge in [0.15, 0.2) is 0 Å². The Balaban J connectivity index is 2.32. The van der Waals surface area contributed by atoms with Crippen molar-refractivity contribution in [3.8, 4) is 0 Å². The second-order valence-corrected chi connectivity index (χ2v) is 4.55. The SMILES string of the molecule is CCC(Nc1c(F)cccc1F)c1cccc([N+](=O)[O-])c1. The topological polar surface area (TPSA) is 55.2 Å². The Hall–Kier alpha value is -2.50. The van der Waals surface area contributed by atoms with Crippen LogP contribution in [-0.4, -0.2) is 4.92 Å². The Morgan fingerprint density at radius 1 is 1.19 bits per heavy atom. The molecule has 2 rings (SSSR count). The number of non-ortho nitro benzene ring substituents is 1. The fourth-order valence-corrected chi connectivity index (χ4v) is 2.09. The maximum absolute atomic E-state index is 13.7. The van der Waals surface area contributed by atoms with Crippen molar-refractivity contribution in [1.29, 1.82) is 0 Å². The van der Waals surface area contributed by atoms with Gasteiger partial charge in [-0.1, -0.05) is 25.1 Å². The van der Waals surface area contributed by atoms with Gasteiger partial charge in [-0.2, -0.15) is 0 Å². The van der Waals surface area contributed by atoms with Gasteiger partial charge in [0, 0.05) is 12.1 Å². The molecule has 4 nitrogen and oxygen atoms in total. The van der Waals surface area contributed by atoms with Crippen LogP contribution in [0.5, 0.6) is 0 Å². The molecule has 21 heavy (non-hydrogen) atoms. The van der Waals surface area contributed by atoms with Gasteiger partial charge in [0.2, 0.25) is 0 Å². The molecule has 0 aromatic heterocycles. The number of halogens is 2. The van der Waals surface area contributed by atoms with Crippen LogP contribution in [0.15, 0.2) is 42.5 Å². The van der Waals surface area contributed by atoms with Crippen LogP contribution < -0.4 is 5.32 Å². The summed E-state index contributed by atoms with van der Waals surface area (Å²) in [7, 11) is 0. The van der Waals surface area contributed by atoms with Crippen molar-refractivity contribution in [2.24, 2.45) is 0 Å². The second-order valence-electron chi connectivity index (χ2n) is 4.55. The smallest absolute Gasteiger partial charge is 0.269 e. The Kier molecular flexibility index (Phi) is 4.47. The van der Waals surface area contributed by atoms with E-state index in [1.165, 1.54) is 18.2 Å². The number of hydrogen-bond donors (Lipinski definition) is 1. The maximum Gasteiger partial charge on any atom is 0.269 e. The van der Waals surface area contributed by atoms with Crippen LogP contribution in [0, 0.1) is 21.7 Å². The first-order chi connectivity index (χ1) is 10.0. The molecule has 2 aromatic rings. The summed E-state index contributed by atoms with van der Waals surface area (Å²) >= 11 is 0. The van der Waals surface area contributed by atoms with Crippen LogP contribution in [0.3, 0.4) is 0 Å². The molecule has 1 N–H and O–H groups in total. The zero-order chi connectivity index (χ0) is 15.4. The lowest BCUT2D eigenvalue weighted by Gasteiger charge is -2.19. The Bertz CT molecular complexity index is 642. The van der Waals surface area contributed by atoms with E-state index in [1.54, 1.807) is 12.1 Å². The van der Waals surface area contributed by atoms with E-state index < -0.39 is 22.6 Å². The summed E-state index contributed by atoms with van der Waals surface area (Å²) in [6.07, 6.45) is 0.523. The van der Waals surface area contributed by atoms with E-state index in [9.17, 15) is 18.9 Å². The van der Waals surface area contributed by atoms with Gasteiger partial charge in [0.25, 0.3) is 5.69 Å². The van der Waals surface area contributed by atoms with E-state index in [2.05, 4.69) is 5.32 Å². The number of nitro benzene ring substituents is 1. The number of hydrogen-bond acceptors (Lipinski definition) is 3. The van der Waals surface area contributed by atoms with Crippen LogP contribution >= 0.6 is 0 Å². The fourth-order valence-electron chi connectivity index (χ4n) is 2.09. The molecule has 0 spiro atoms. The first kappa shape index (κ1) is 14.9. The minimum atomic E-state index is -0.695. The van der Waals surface area contributed by atoms with Gasteiger partial charge < -0.3 is 5.32 Å². The number of nitrogens with one attached hydrogen (secondary N) is 1. The normalized spacial score (nSPS) is 12.0. The van der Waals surface area contributed by atoms with Crippen LogP contribution in [-0.2, 0) is 0 Å². The van der Waals surface area contributed by atoms with Crippen LogP contribution in [0.2, 0.25) is 0 Å². The third-order valence-corrected chi connectivity index (χ3v) is 3.17. The lowest BCUT2D eigenvalue weighted by atomic mass is 10.0. The molecule has 0 aliphatic carbocycles. The molecule has 1 unspecified atom stereocenters. The van der Waals surface area contributed by atoms with E-state index in [1.807, 2.05) is 6.92 Å². The molecule has 2 aromatic carbocycles. The van der Waals surface area contributed by atoms with Gasteiger partial charge in [-0.05, 0) is 24.1 Å². The quantitative estimate of drug-likeness (QED) is 0.655. The summed E-state index contributed by atoms with van der Waals surface area (Å²) in [5, 5.41) is 13.6. The highest BCUT2D eigenvalue weighted by molar-refractivity contribution is 5.49. The minimum Gasteiger partial charge on any atom is -0.373 e. The average molecular weight is 292 g/mol. The fraction of sp³-hybridized carbons (Fsp3) is 0.200. The van der Waals surface area contributed by atoms with Crippen LogP contribution in [0.1, 0.15) is 24.9 Å². The summed E-state index contributed by atoms with van der Waals surface area (Å²) in [6, 6.07) is 9.19. The highest BCUT2D eigenvalue weighted by atomic mass is 19.1. The van der Waals surface area contributed by atoms with E-state index >= 15 is 0 Å². The summed E-state index contributed by atoms with van der Waals surface area (Å²) < 4.78 is 27.3. The molecule has 0 aliphatic heterocycles. The summed E-state index contributed by atoms with van der Waals surface area (Å²) in [4.78, 5) is 10.3. The molecule has 1 atom stereocenters. The van der Waals surface area contributed by atoms with Crippen molar-refractivity contribution in [3.63, 3.8) is 0 Å². The molecule has 0 aliphatic rings. The van der Waals surface area contributed by atoms with E-state index in [0.717, 1.165) is 12.1 Å². The third-order valence-electron chi connectivity index (χ3n) is 3.17. The van der Waals surface area contributed by atoms with Gasteiger partial charge in [0.05, 0.1) is 11.0 Å². The van der Waals surface area contributed by atoms with Crippen LogP contribution in [0.4, 0.5) is 20.2 Å². The van der Waals surface area contributed by atoms with Gasteiger partial charge in [-0.25, -0.2) is 8.78 Å². The van der Waals surface area contributed by atoms with Gasteiger partial charge in [0.1, 0.15) is 17.3 Å². The molecular formula is C15H14F2N2O2. The van der Waals surface area contributed by atoms with Crippen molar-refractivity contribution in [3.05, 3.63) is 69.8 Å². The molecular weight excluding hydrogens is 278 g/mol. The number of anilines is 1. The lowest BCUT2D eigenvalue weighted by Crippen LogP contribution is -2.12. The summed E-state index contributed by atoms with van der Waals surface area (Å²) in [6.45, 7) is 1.83. The van der Waals surface area contributed by atoms with Crippen molar-refractivity contribution in [2.45, 2.75) is 19.4 Å². The van der Waals surface area contributed by atoms with E-state index in [-0.39, 0.29) is 11.4 Å². The number of nitrogens with zero attached hydrogens (tertiary/aromatic N) is 1.